The highest BCUT2D eigenvalue weighted by Gasteiger charge is 2.48. The first-order valence-corrected chi connectivity index (χ1v) is 9.84. The Morgan fingerprint density at radius 1 is 1.00 bits per heavy atom. The van der Waals surface area contributed by atoms with E-state index >= 15 is 0 Å². The molecule has 6 nitrogen and oxygen atoms in total. The van der Waals surface area contributed by atoms with E-state index in [1.807, 2.05) is 53.2 Å². The molecule has 0 saturated heterocycles. The SMILES string of the molecule is O=C1c2cnn(Cc3ccccc3)c2N2C(=N[C@H]3CC=C[C@H]32)N1c1ccccc1. The normalized spacial score (nSPS) is 21.8. The highest BCUT2D eigenvalue weighted by Crippen LogP contribution is 2.40. The molecule has 0 N–H and O–H groups in total. The first-order valence-electron chi connectivity index (χ1n) is 9.84. The molecular weight excluding hydrogens is 362 g/mol. The Kier molecular flexibility index (Phi) is 3.47. The van der Waals surface area contributed by atoms with Crippen molar-refractivity contribution < 1.29 is 4.79 Å². The molecule has 1 aliphatic carbocycles. The van der Waals surface area contributed by atoms with Gasteiger partial charge in [-0.25, -0.2) is 14.6 Å². The second-order valence-electron chi connectivity index (χ2n) is 7.52. The van der Waals surface area contributed by atoms with Crippen LogP contribution in [0.2, 0.25) is 0 Å². The molecule has 3 aliphatic rings. The lowest BCUT2D eigenvalue weighted by Gasteiger charge is -2.36. The quantitative estimate of drug-likeness (QED) is 0.653. The van der Waals surface area contributed by atoms with Gasteiger partial charge in [0.1, 0.15) is 11.4 Å². The summed E-state index contributed by atoms with van der Waals surface area (Å²) in [6.07, 6.45) is 6.96. The number of amides is 1. The lowest BCUT2D eigenvalue weighted by molar-refractivity contribution is 0.100. The van der Waals surface area contributed by atoms with Crippen molar-refractivity contribution in [3.05, 3.63) is 90.1 Å². The summed E-state index contributed by atoms with van der Waals surface area (Å²) in [5, 5.41) is 4.59. The van der Waals surface area contributed by atoms with Gasteiger partial charge < -0.3 is 0 Å². The number of carbonyl (C=O) groups excluding carboxylic acids is 1. The van der Waals surface area contributed by atoms with Gasteiger partial charge in [-0.2, -0.15) is 5.10 Å². The number of para-hydroxylation sites is 1. The zero-order valence-corrected chi connectivity index (χ0v) is 15.7. The molecule has 0 fully saturated rings. The molecule has 0 bridgehead atoms. The van der Waals surface area contributed by atoms with Crippen LogP contribution >= 0.6 is 0 Å². The van der Waals surface area contributed by atoms with Crippen molar-refractivity contribution in [2.45, 2.75) is 25.0 Å². The Balaban J connectivity index is 1.50. The molecule has 3 aromatic rings. The van der Waals surface area contributed by atoms with Crippen LogP contribution in [0, 0.1) is 0 Å². The van der Waals surface area contributed by atoms with Gasteiger partial charge in [-0.05, 0) is 24.1 Å². The van der Waals surface area contributed by atoms with E-state index < -0.39 is 0 Å². The molecule has 2 atom stereocenters. The number of nitrogens with zero attached hydrogens (tertiary/aromatic N) is 5. The van der Waals surface area contributed by atoms with Crippen LogP contribution in [-0.4, -0.2) is 33.7 Å². The summed E-state index contributed by atoms with van der Waals surface area (Å²) < 4.78 is 1.93. The van der Waals surface area contributed by atoms with Crippen LogP contribution in [0.1, 0.15) is 22.3 Å². The van der Waals surface area contributed by atoms with E-state index in [2.05, 4.69) is 34.3 Å². The summed E-state index contributed by atoms with van der Waals surface area (Å²) in [5.74, 6) is 1.45. The number of guanidine groups is 1. The van der Waals surface area contributed by atoms with Crippen molar-refractivity contribution in [3.63, 3.8) is 0 Å². The van der Waals surface area contributed by atoms with Crippen LogP contribution in [0.3, 0.4) is 0 Å². The standard InChI is InChI=1S/C23H19N5O/c29-22-18-14-24-26(15-16-8-3-1-4-9-16)21(18)28-20-13-7-12-19(20)25-23(28)27(22)17-10-5-2-6-11-17/h1-11,13-14,19-20H,12,15H2/t19-,20+/m0/s1. The number of hydrogen-bond donors (Lipinski definition) is 0. The maximum atomic E-state index is 13.5. The summed E-state index contributed by atoms with van der Waals surface area (Å²) in [6.45, 7) is 0.611. The molecule has 0 spiro atoms. The van der Waals surface area contributed by atoms with Crippen LogP contribution in [0.25, 0.3) is 0 Å². The average molecular weight is 381 g/mol. The third kappa shape index (κ3) is 2.38. The third-order valence-corrected chi connectivity index (χ3v) is 5.76. The number of rotatable bonds is 3. The summed E-state index contributed by atoms with van der Waals surface area (Å²) in [4.78, 5) is 22.4. The second-order valence-corrected chi connectivity index (χ2v) is 7.52. The number of aromatic nitrogens is 2. The number of aliphatic imine (C=N–C) groups is 1. The Hall–Kier alpha value is -3.67. The van der Waals surface area contributed by atoms with Crippen molar-refractivity contribution in [2.75, 3.05) is 9.80 Å². The van der Waals surface area contributed by atoms with Crippen LogP contribution in [0.15, 0.2) is 84.0 Å². The zero-order valence-electron chi connectivity index (χ0n) is 15.7. The average Bonchev–Trinajstić information content (AvgIpc) is 3.45. The summed E-state index contributed by atoms with van der Waals surface area (Å²) in [7, 11) is 0. The van der Waals surface area contributed by atoms with Crippen molar-refractivity contribution in [1.82, 2.24) is 9.78 Å². The van der Waals surface area contributed by atoms with Crippen molar-refractivity contribution in [2.24, 2.45) is 4.99 Å². The summed E-state index contributed by atoms with van der Waals surface area (Å²) in [5.41, 5.74) is 2.59. The van der Waals surface area contributed by atoms with E-state index in [1.54, 1.807) is 11.1 Å². The number of anilines is 2. The van der Waals surface area contributed by atoms with Gasteiger partial charge in [-0.1, -0.05) is 60.7 Å². The molecule has 142 valence electrons. The van der Waals surface area contributed by atoms with Gasteiger partial charge in [0.05, 0.1) is 30.5 Å². The van der Waals surface area contributed by atoms with Gasteiger partial charge >= 0.3 is 0 Å². The van der Waals surface area contributed by atoms with E-state index in [1.165, 1.54) is 0 Å². The molecule has 3 heterocycles. The van der Waals surface area contributed by atoms with Crippen LogP contribution in [0.4, 0.5) is 11.5 Å². The Morgan fingerprint density at radius 3 is 2.55 bits per heavy atom. The third-order valence-electron chi connectivity index (χ3n) is 5.76. The van der Waals surface area contributed by atoms with Crippen LogP contribution in [0.5, 0.6) is 0 Å². The van der Waals surface area contributed by atoms with Crippen LogP contribution < -0.4 is 9.80 Å². The topological polar surface area (TPSA) is 53.7 Å². The van der Waals surface area contributed by atoms with Gasteiger partial charge in [0.15, 0.2) is 0 Å². The minimum Gasteiger partial charge on any atom is -0.287 e. The zero-order chi connectivity index (χ0) is 19.4. The first-order chi connectivity index (χ1) is 14.3. The van der Waals surface area contributed by atoms with E-state index in [0.717, 1.165) is 23.5 Å². The number of fused-ring (bicyclic) bond motifs is 5. The first kappa shape index (κ1) is 16.3. The molecule has 2 aliphatic heterocycles. The van der Waals surface area contributed by atoms with Gasteiger partial charge in [0.25, 0.3) is 5.91 Å². The monoisotopic (exact) mass is 381 g/mol. The molecule has 29 heavy (non-hydrogen) atoms. The lowest BCUT2D eigenvalue weighted by atomic mass is 10.1. The van der Waals surface area contributed by atoms with Gasteiger partial charge in [0.2, 0.25) is 5.96 Å². The maximum absolute atomic E-state index is 13.5. The summed E-state index contributed by atoms with van der Waals surface area (Å²) in [6, 6.07) is 20.2. The minimum absolute atomic E-state index is 0.0792. The highest BCUT2D eigenvalue weighted by atomic mass is 16.2. The van der Waals surface area contributed by atoms with E-state index in [4.69, 9.17) is 4.99 Å². The van der Waals surface area contributed by atoms with Gasteiger partial charge in [-0.15, -0.1) is 0 Å². The largest absolute Gasteiger partial charge is 0.287 e. The summed E-state index contributed by atoms with van der Waals surface area (Å²) >= 11 is 0. The molecule has 6 heteroatoms. The fraction of sp³-hybridized carbons (Fsp3) is 0.174. The predicted octanol–water partition coefficient (Wildman–Crippen LogP) is 3.46. The highest BCUT2D eigenvalue weighted by molar-refractivity contribution is 6.32. The molecule has 0 saturated carbocycles. The fourth-order valence-electron chi connectivity index (χ4n) is 4.43. The second kappa shape index (κ2) is 6.17. The Morgan fingerprint density at radius 2 is 1.76 bits per heavy atom. The minimum atomic E-state index is -0.0792. The molecular formula is C23H19N5O. The fourth-order valence-corrected chi connectivity index (χ4v) is 4.43. The van der Waals surface area contributed by atoms with E-state index in [-0.39, 0.29) is 18.0 Å². The molecule has 2 aromatic carbocycles. The molecule has 1 amide bonds. The van der Waals surface area contributed by atoms with Crippen molar-refractivity contribution in [1.29, 1.82) is 0 Å². The molecule has 6 rings (SSSR count). The molecule has 0 radical (unpaired) electrons. The van der Waals surface area contributed by atoms with Crippen LogP contribution in [-0.2, 0) is 6.54 Å². The lowest BCUT2D eigenvalue weighted by Crippen LogP contribution is -2.53. The molecule has 0 unspecified atom stereocenters. The smallest absolute Gasteiger partial charge is 0.270 e. The maximum Gasteiger partial charge on any atom is 0.270 e. The van der Waals surface area contributed by atoms with Crippen molar-refractivity contribution in [3.8, 4) is 0 Å². The Bertz CT molecular complexity index is 1150. The number of hydrogen-bond acceptors (Lipinski definition) is 4. The van der Waals surface area contributed by atoms with Gasteiger partial charge in [0, 0.05) is 0 Å². The molecule has 1 aromatic heterocycles. The van der Waals surface area contributed by atoms with E-state index in [0.29, 0.717) is 18.1 Å². The Labute approximate surface area is 168 Å². The van der Waals surface area contributed by atoms with Crippen molar-refractivity contribution >= 4 is 23.4 Å². The predicted molar refractivity (Wildman–Crippen MR) is 112 cm³/mol. The van der Waals surface area contributed by atoms with E-state index in [9.17, 15) is 4.79 Å². The number of benzene rings is 2. The van der Waals surface area contributed by atoms with Gasteiger partial charge in [-0.3, -0.25) is 9.69 Å². The number of carbonyl (C=O) groups is 1.